The Kier molecular flexibility index (Phi) is 5.48. The summed E-state index contributed by atoms with van der Waals surface area (Å²) in [5.41, 5.74) is 0. The number of carbonyl (C=O) groups is 1. The van der Waals surface area contributed by atoms with Gasteiger partial charge in [-0.3, -0.25) is 4.79 Å². The van der Waals surface area contributed by atoms with Gasteiger partial charge in [0, 0.05) is 17.5 Å². The molecule has 2 rings (SSSR count). The van der Waals surface area contributed by atoms with Gasteiger partial charge in [0.15, 0.2) is 0 Å². The van der Waals surface area contributed by atoms with Crippen LogP contribution in [0.2, 0.25) is 5.02 Å². The van der Waals surface area contributed by atoms with Crippen LogP contribution in [0.25, 0.3) is 0 Å². The van der Waals surface area contributed by atoms with Crippen molar-refractivity contribution in [3.63, 3.8) is 0 Å². The van der Waals surface area contributed by atoms with Crippen LogP contribution in [-0.4, -0.2) is 31.6 Å². The summed E-state index contributed by atoms with van der Waals surface area (Å²) in [4.78, 5) is 11.6. The lowest BCUT2D eigenvalue weighted by molar-refractivity contribution is -0.121. The second kappa shape index (κ2) is 7.36. The Bertz CT molecular complexity index is 402. The number of amides is 1. The third kappa shape index (κ3) is 5.09. The third-order valence-corrected chi connectivity index (χ3v) is 3.35. The van der Waals surface area contributed by atoms with Crippen molar-refractivity contribution in [2.75, 3.05) is 19.7 Å². The molecule has 104 valence electrons. The predicted octanol–water partition coefficient (Wildman–Crippen LogP) is 1.98. The van der Waals surface area contributed by atoms with Gasteiger partial charge >= 0.3 is 0 Å². The van der Waals surface area contributed by atoms with Crippen molar-refractivity contribution >= 4 is 17.5 Å². The highest BCUT2D eigenvalue weighted by atomic mass is 35.5. The van der Waals surface area contributed by atoms with E-state index in [0.29, 0.717) is 30.6 Å². The Balaban J connectivity index is 1.58. The second-order valence-corrected chi connectivity index (χ2v) is 5.09. The zero-order chi connectivity index (χ0) is 13.5. The van der Waals surface area contributed by atoms with Crippen molar-refractivity contribution in [3.05, 3.63) is 29.3 Å². The molecular formula is C14H19ClN2O2. The van der Waals surface area contributed by atoms with Crippen LogP contribution >= 0.6 is 11.6 Å². The van der Waals surface area contributed by atoms with Crippen LogP contribution in [0.5, 0.6) is 5.75 Å². The number of rotatable bonds is 6. The normalized spacial score (nSPS) is 18.3. The molecule has 0 spiro atoms. The Hall–Kier alpha value is -1.26. The number of benzene rings is 1. The summed E-state index contributed by atoms with van der Waals surface area (Å²) in [6.07, 6.45) is 2.81. The van der Waals surface area contributed by atoms with E-state index in [9.17, 15) is 4.79 Å². The average molecular weight is 283 g/mol. The molecule has 1 saturated heterocycles. The maximum absolute atomic E-state index is 11.6. The molecule has 1 unspecified atom stereocenters. The molecule has 2 N–H and O–H groups in total. The van der Waals surface area contributed by atoms with E-state index < -0.39 is 0 Å². The molecule has 4 nitrogen and oxygen atoms in total. The van der Waals surface area contributed by atoms with Crippen LogP contribution in [0.15, 0.2) is 24.3 Å². The molecular weight excluding hydrogens is 264 g/mol. The highest BCUT2D eigenvalue weighted by Gasteiger charge is 2.16. The van der Waals surface area contributed by atoms with Gasteiger partial charge in [0.2, 0.25) is 5.91 Å². The van der Waals surface area contributed by atoms with E-state index in [1.807, 2.05) is 12.1 Å². The summed E-state index contributed by atoms with van der Waals surface area (Å²) < 4.78 is 5.49. The van der Waals surface area contributed by atoms with Crippen LogP contribution in [0.1, 0.15) is 19.3 Å². The van der Waals surface area contributed by atoms with E-state index in [4.69, 9.17) is 16.3 Å². The summed E-state index contributed by atoms with van der Waals surface area (Å²) in [6.45, 7) is 2.01. The van der Waals surface area contributed by atoms with Gasteiger partial charge < -0.3 is 15.4 Å². The smallest absolute Gasteiger partial charge is 0.221 e. The van der Waals surface area contributed by atoms with Gasteiger partial charge in [-0.15, -0.1) is 0 Å². The fourth-order valence-corrected chi connectivity index (χ4v) is 2.24. The van der Waals surface area contributed by atoms with Gasteiger partial charge in [-0.1, -0.05) is 11.6 Å². The van der Waals surface area contributed by atoms with E-state index in [2.05, 4.69) is 10.6 Å². The molecule has 1 aliphatic rings. The van der Waals surface area contributed by atoms with Crippen molar-refractivity contribution in [3.8, 4) is 5.75 Å². The van der Waals surface area contributed by atoms with Crippen molar-refractivity contribution in [1.29, 1.82) is 0 Å². The SMILES string of the molecule is O=C(CC1CCCN1)NCCOc1ccc(Cl)cc1. The molecule has 19 heavy (non-hydrogen) atoms. The average Bonchev–Trinajstić information content (AvgIpc) is 2.89. The largest absolute Gasteiger partial charge is 0.492 e. The highest BCUT2D eigenvalue weighted by Crippen LogP contribution is 2.15. The van der Waals surface area contributed by atoms with E-state index in [-0.39, 0.29) is 5.91 Å². The van der Waals surface area contributed by atoms with Gasteiger partial charge in [0.05, 0.1) is 6.54 Å². The monoisotopic (exact) mass is 282 g/mol. The molecule has 1 amide bonds. The molecule has 1 fully saturated rings. The number of hydrogen-bond acceptors (Lipinski definition) is 3. The number of carbonyl (C=O) groups excluding carboxylic acids is 1. The lowest BCUT2D eigenvalue weighted by atomic mass is 10.1. The van der Waals surface area contributed by atoms with Crippen LogP contribution in [-0.2, 0) is 4.79 Å². The van der Waals surface area contributed by atoms with E-state index in [0.717, 1.165) is 25.1 Å². The van der Waals surface area contributed by atoms with Gasteiger partial charge in [-0.25, -0.2) is 0 Å². The van der Waals surface area contributed by atoms with Gasteiger partial charge in [0.25, 0.3) is 0 Å². The molecule has 0 aliphatic carbocycles. The number of halogens is 1. The van der Waals surface area contributed by atoms with Gasteiger partial charge in [-0.2, -0.15) is 0 Å². The lowest BCUT2D eigenvalue weighted by Crippen LogP contribution is -2.33. The Morgan fingerprint density at radius 2 is 2.21 bits per heavy atom. The zero-order valence-corrected chi connectivity index (χ0v) is 11.6. The molecule has 1 aromatic carbocycles. The molecule has 0 radical (unpaired) electrons. The van der Waals surface area contributed by atoms with Gasteiger partial charge in [-0.05, 0) is 43.7 Å². The zero-order valence-electron chi connectivity index (χ0n) is 10.8. The molecule has 0 saturated carbocycles. The highest BCUT2D eigenvalue weighted by molar-refractivity contribution is 6.30. The van der Waals surface area contributed by atoms with Crippen LogP contribution in [0.3, 0.4) is 0 Å². The summed E-state index contributed by atoms with van der Waals surface area (Å²) in [5.74, 6) is 0.843. The van der Waals surface area contributed by atoms with Crippen LogP contribution in [0, 0.1) is 0 Å². The molecule has 1 heterocycles. The molecule has 1 aliphatic heterocycles. The standard InChI is InChI=1S/C14H19ClN2O2/c15-11-3-5-13(6-4-11)19-9-8-17-14(18)10-12-2-1-7-16-12/h3-6,12,16H,1-2,7-10H2,(H,17,18). The van der Waals surface area contributed by atoms with Gasteiger partial charge in [0.1, 0.15) is 12.4 Å². The first kappa shape index (κ1) is 14.2. The molecule has 0 aromatic heterocycles. The molecule has 0 bridgehead atoms. The Morgan fingerprint density at radius 1 is 1.42 bits per heavy atom. The minimum Gasteiger partial charge on any atom is -0.492 e. The molecule has 1 aromatic rings. The summed E-state index contributed by atoms with van der Waals surface area (Å²) in [6, 6.07) is 7.53. The first-order valence-electron chi connectivity index (χ1n) is 6.62. The topological polar surface area (TPSA) is 50.4 Å². The third-order valence-electron chi connectivity index (χ3n) is 3.10. The second-order valence-electron chi connectivity index (χ2n) is 4.65. The minimum atomic E-state index is 0.0825. The van der Waals surface area contributed by atoms with Crippen molar-refractivity contribution in [2.45, 2.75) is 25.3 Å². The number of ether oxygens (including phenoxy) is 1. The van der Waals surface area contributed by atoms with E-state index in [1.54, 1.807) is 12.1 Å². The summed E-state index contributed by atoms with van der Waals surface area (Å²) >= 11 is 5.78. The summed E-state index contributed by atoms with van der Waals surface area (Å²) in [5, 5.41) is 6.85. The fraction of sp³-hybridized carbons (Fsp3) is 0.500. The molecule has 1 atom stereocenters. The number of hydrogen-bond donors (Lipinski definition) is 2. The van der Waals surface area contributed by atoms with Crippen molar-refractivity contribution in [2.24, 2.45) is 0 Å². The van der Waals surface area contributed by atoms with E-state index >= 15 is 0 Å². The lowest BCUT2D eigenvalue weighted by Gasteiger charge is -2.11. The maximum Gasteiger partial charge on any atom is 0.221 e. The Morgan fingerprint density at radius 3 is 2.89 bits per heavy atom. The van der Waals surface area contributed by atoms with Crippen molar-refractivity contribution < 1.29 is 9.53 Å². The van der Waals surface area contributed by atoms with Crippen LogP contribution < -0.4 is 15.4 Å². The first-order chi connectivity index (χ1) is 9.24. The van der Waals surface area contributed by atoms with Crippen molar-refractivity contribution in [1.82, 2.24) is 10.6 Å². The Labute approximate surface area is 118 Å². The maximum atomic E-state index is 11.6. The van der Waals surface area contributed by atoms with Crippen LogP contribution in [0.4, 0.5) is 0 Å². The predicted molar refractivity (Wildman–Crippen MR) is 75.6 cm³/mol. The first-order valence-corrected chi connectivity index (χ1v) is 7.00. The van der Waals surface area contributed by atoms with E-state index in [1.165, 1.54) is 0 Å². The fourth-order valence-electron chi connectivity index (χ4n) is 2.12. The quantitative estimate of drug-likeness (QED) is 0.785. The minimum absolute atomic E-state index is 0.0825. The summed E-state index contributed by atoms with van der Waals surface area (Å²) in [7, 11) is 0. The molecule has 5 heteroatoms. The number of nitrogens with one attached hydrogen (secondary N) is 2.